The lowest BCUT2D eigenvalue weighted by atomic mass is 10.1. The van der Waals surface area contributed by atoms with E-state index in [2.05, 4.69) is 34.6 Å². The molecule has 0 radical (unpaired) electrons. The molecule has 1 N–H and O–H groups in total. The fourth-order valence-corrected chi connectivity index (χ4v) is 1.98. The predicted molar refractivity (Wildman–Crippen MR) is 78.5 cm³/mol. The van der Waals surface area contributed by atoms with Crippen LogP contribution in [-0.4, -0.2) is 19.2 Å². The molecule has 0 saturated carbocycles. The molecule has 0 saturated heterocycles. The molecular weight excluding hydrogens is 252 g/mol. The molecule has 2 aromatic rings. The maximum atomic E-state index is 5.14. The van der Waals surface area contributed by atoms with Crippen molar-refractivity contribution in [2.75, 3.05) is 14.2 Å². The van der Waals surface area contributed by atoms with E-state index in [1.807, 2.05) is 18.3 Å². The number of rotatable bonds is 7. The first-order chi connectivity index (χ1) is 9.81. The first kappa shape index (κ1) is 14.5. The smallest absolute Gasteiger partial charge is 0.212 e. The molecule has 4 heteroatoms. The van der Waals surface area contributed by atoms with Gasteiger partial charge in [-0.05, 0) is 16.7 Å². The van der Waals surface area contributed by atoms with Crippen LogP contribution in [0.15, 0.2) is 42.6 Å². The normalized spacial score (nSPS) is 10.5. The second-order valence-electron chi connectivity index (χ2n) is 4.57. The van der Waals surface area contributed by atoms with Crippen LogP contribution in [-0.2, 0) is 24.4 Å². The zero-order valence-electron chi connectivity index (χ0n) is 11.9. The molecule has 0 aliphatic rings. The van der Waals surface area contributed by atoms with Gasteiger partial charge in [-0.3, -0.25) is 0 Å². The van der Waals surface area contributed by atoms with Gasteiger partial charge in [-0.25, -0.2) is 4.98 Å². The number of ether oxygens (including phenoxy) is 2. The maximum Gasteiger partial charge on any atom is 0.212 e. The second kappa shape index (κ2) is 7.62. The van der Waals surface area contributed by atoms with Crippen molar-refractivity contribution in [2.45, 2.75) is 19.7 Å². The predicted octanol–water partition coefficient (Wildman–Crippen LogP) is 2.53. The Hall–Kier alpha value is -1.91. The maximum absolute atomic E-state index is 5.14. The molecule has 0 bridgehead atoms. The van der Waals surface area contributed by atoms with Crippen molar-refractivity contribution in [3.8, 4) is 5.88 Å². The van der Waals surface area contributed by atoms with Crippen LogP contribution < -0.4 is 10.1 Å². The van der Waals surface area contributed by atoms with E-state index in [0.717, 1.165) is 18.7 Å². The van der Waals surface area contributed by atoms with Gasteiger partial charge < -0.3 is 14.8 Å². The second-order valence-corrected chi connectivity index (χ2v) is 4.57. The van der Waals surface area contributed by atoms with Crippen molar-refractivity contribution in [2.24, 2.45) is 0 Å². The molecule has 2 rings (SSSR count). The minimum absolute atomic E-state index is 0.640. The van der Waals surface area contributed by atoms with Crippen LogP contribution in [0, 0.1) is 0 Å². The van der Waals surface area contributed by atoms with Gasteiger partial charge in [0.25, 0.3) is 0 Å². The molecule has 1 heterocycles. The summed E-state index contributed by atoms with van der Waals surface area (Å²) in [5.41, 5.74) is 3.58. The van der Waals surface area contributed by atoms with Gasteiger partial charge in [0, 0.05) is 32.5 Å². The Balaban J connectivity index is 1.84. The summed E-state index contributed by atoms with van der Waals surface area (Å²) in [6.45, 7) is 2.26. The van der Waals surface area contributed by atoms with Crippen LogP contribution in [0.3, 0.4) is 0 Å². The third-order valence-electron chi connectivity index (χ3n) is 2.97. The highest BCUT2D eigenvalue weighted by molar-refractivity contribution is 5.23. The highest BCUT2D eigenvalue weighted by Gasteiger charge is 1.98. The summed E-state index contributed by atoms with van der Waals surface area (Å²) in [5, 5.41) is 3.40. The third-order valence-corrected chi connectivity index (χ3v) is 2.97. The number of nitrogens with one attached hydrogen (secondary N) is 1. The number of methoxy groups -OCH3 is 2. The van der Waals surface area contributed by atoms with E-state index in [0.29, 0.717) is 12.5 Å². The van der Waals surface area contributed by atoms with Crippen molar-refractivity contribution < 1.29 is 9.47 Å². The summed E-state index contributed by atoms with van der Waals surface area (Å²) in [4.78, 5) is 4.18. The van der Waals surface area contributed by atoms with Gasteiger partial charge in [-0.2, -0.15) is 0 Å². The van der Waals surface area contributed by atoms with Gasteiger partial charge >= 0.3 is 0 Å². The molecule has 106 valence electrons. The summed E-state index contributed by atoms with van der Waals surface area (Å²) in [6.07, 6.45) is 1.83. The van der Waals surface area contributed by atoms with Crippen LogP contribution in [0.5, 0.6) is 5.88 Å². The summed E-state index contributed by atoms with van der Waals surface area (Å²) in [6, 6.07) is 12.3. The van der Waals surface area contributed by atoms with Crippen LogP contribution >= 0.6 is 0 Å². The van der Waals surface area contributed by atoms with Gasteiger partial charge in [0.15, 0.2) is 0 Å². The van der Waals surface area contributed by atoms with E-state index in [9.17, 15) is 0 Å². The SMILES string of the molecule is COCc1cccc(CNCc2ccc(OC)nc2)c1. The van der Waals surface area contributed by atoms with E-state index in [-0.39, 0.29) is 0 Å². The molecule has 0 amide bonds. The molecule has 4 nitrogen and oxygen atoms in total. The van der Waals surface area contributed by atoms with E-state index in [1.165, 1.54) is 11.1 Å². The fourth-order valence-electron chi connectivity index (χ4n) is 1.98. The standard InChI is InChI=1S/C16H20N2O2/c1-19-12-14-5-3-4-13(8-14)9-17-10-15-6-7-16(20-2)18-11-15/h3-8,11,17H,9-10,12H2,1-2H3. The van der Waals surface area contributed by atoms with Gasteiger partial charge in [0.2, 0.25) is 5.88 Å². The molecule has 0 fully saturated rings. The van der Waals surface area contributed by atoms with Gasteiger partial charge in [0.1, 0.15) is 0 Å². The molecule has 1 aromatic heterocycles. The first-order valence-electron chi connectivity index (χ1n) is 6.58. The lowest BCUT2D eigenvalue weighted by molar-refractivity contribution is 0.185. The van der Waals surface area contributed by atoms with Crippen LogP contribution in [0.25, 0.3) is 0 Å². The largest absolute Gasteiger partial charge is 0.481 e. The molecule has 0 atom stereocenters. The topological polar surface area (TPSA) is 43.4 Å². The Labute approximate surface area is 119 Å². The summed E-state index contributed by atoms with van der Waals surface area (Å²) < 4.78 is 10.2. The third kappa shape index (κ3) is 4.33. The lowest BCUT2D eigenvalue weighted by Crippen LogP contribution is -2.13. The van der Waals surface area contributed by atoms with Crippen molar-refractivity contribution >= 4 is 0 Å². The highest BCUT2D eigenvalue weighted by atomic mass is 16.5. The summed E-state index contributed by atoms with van der Waals surface area (Å²) in [7, 11) is 3.33. The first-order valence-corrected chi connectivity index (χ1v) is 6.58. The monoisotopic (exact) mass is 272 g/mol. The molecule has 20 heavy (non-hydrogen) atoms. The van der Waals surface area contributed by atoms with Crippen molar-refractivity contribution in [3.05, 3.63) is 59.3 Å². The number of nitrogens with zero attached hydrogens (tertiary/aromatic N) is 1. The van der Waals surface area contributed by atoms with Crippen molar-refractivity contribution in [3.63, 3.8) is 0 Å². The molecule has 0 spiro atoms. The lowest BCUT2D eigenvalue weighted by Gasteiger charge is -2.07. The molecule has 1 aromatic carbocycles. The zero-order chi connectivity index (χ0) is 14.2. The van der Waals surface area contributed by atoms with Crippen LogP contribution in [0.2, 0.25) is 0 Å². The Morgan fingerprint density at radius 2 is 1.80 bits per heavy atom. The Morgan fingerprint density at radius 3 is 2.50 bits per heavy atom. The quantitative estimate of drug-likeness (QED) is 0.841. The van der Waals surface area contributed by atoms with E-state index in [4.69, 9.17) is 9.47 Å². The average molecular weight is 272 g/mol. The van der Waals surface area contributed by atoms with E-state index < -0.39 is 0 Å². The Kier molecular flexibility index (Phi) is 5.53. The minimum atomic E-state index is 0.640. The summed E-state index contributed by atoms with van der Waals surface area (Å²) in [5.74, 6) is 0.640. The number of hydrogen-bond acceptors (Lipinski definition) is 4. The number of hydrogen-bond donors (Lipinski definition) is 1. The van der Waals surface area contributed by atoms with E-state index >= 15 is 0 Å². The van der Waals surface area contributed by atoms with Gasteiger partial charge in [-0.1, -0.05) is 30.3 Å². The number of pyridine rings is 1. The van der Waals surface area contributed by atoms with Gasteiger partial charge in [-0.15, -0.1) is 0 Å². The van der Waals surface area contributed by atoms with E-state index in [1.54, 1.807) is 14.2 Å². The van der Waals surface area contributed by atoms with Crippen molar-refractivity contribution in [1.29, 1.82) is 0 Å². The molecule has 0 unspecified atom stereocenters. The minimum Gasteiger partial charge on any atom is -0.481 e. The average Bonchev–Trinajstić information content (AvgIpc) is 2.49. The Morgan fingerprint density at radius 1 is 1.00 bits per heavy atom. The highest BCUT2D eigenvalue weighted by Crippen LogP contribution is 2.08. The number of aromatic nitrogens is 1. The molecular formula is C16H20N2O2. The van der Waals surface area contributed by atoms with Crippen LogP contribution in [0.4, 0.5) is 0 Å². The Bertz CT molecular complexity index is 526. The van der Waals surface area contributed by atoms with Crippen LogP contribution in [0.1, 0.15) is 16.7 Å². The number of benzene rings is 1. The molecule has 0 aliphatic carbocycles. The summed E-state index contributed by atoms with van der Waals surface area (Å²) >= 11 is 0. The van der Waals surface area contributed by atoms with Gasteiger partial charge in [0.05, 0.1) is 13.7 Å². The fraction of sp³-hybridized carbons (Fsp3) is 0.312. The zero-order valence-corrected chi connectivity index (χ0v) is 11.9. The van der Waals surface area contributed by atoms with Crippen molar-refractivity contribution in [1.82, 2.24) is 10.3 Å². The molecule has 0 aliphatic heterocycles.